The Hall–Kier alpha value is -2.88. The summed E-state index contributed by atoms with van der Waals surface area (Å²) in [5.41, 5.74) is 0.485. The molecule has 1 atom stereocenters. The summed E-state index contributed by atoms with van der Waals surface area (Å²) in [6.07, 6.45) is -3.23. The third kappa shape index (κ3) is 6.08. The highest BCUT2D eigenvalue weighted by molar-refractivity contribution is 5.78. The van der Waals surface area contributed by atoms with E-state index in [1.54, 1.807) is 20.0 Å². The molecule has 1 aromatic carbocycles. The number of alkyl halides is 3. The summed E-state index contributed by atoms with van der Waals surface area (Å²) in [5.74, 6) is -0.486. The molecule has 0 spiro atoms. The minimum atomic E-state index is -4.55. The van der Waals surface area contributed by atoms with Crippen LogP contribution in [0.4, 0.5) is 18.9 Å². The second-order valence-corrected chi connectivity index (χ2v) is 6.39. The molecule has 0 radical (unpaired) electrons. The van der Waals surface area contributed by atoms with Crippen molar-refractivity contribution in [3.8, 4) is 0 Å². The number of amides is 1. The van der Waals surface area contributed by atoms with Crippen LogP contribution in [0.25, 0.3) is 0 Å². The molecule has 0 aliphatic rings. The minimum absolute atomic E-state index is 0.0967. The number of furan rings is 1. The van der Waals surface area contributed by atoms with Crippen LogP contribution in [0.3, 0.4) is 0 Å². The summed E-state index contributed by atoms with van der Waals surface area (Å²) < 4.78 is 43.7. The van der Waals surface area contributed by atoms with E-state index in [4.69, 9.17) is 4.42 Å². The Labute approximate surface area is 159 Å². The van der Waals surface area contributed by atoms with Crippen molar-refractivity contribution in [2.45, 2.75) is 25.7 Å². The van der Waals surface area contributed by atoms with Gasteiger partial charge in [0.05, 0.1) is 24.3 Å². The van der Waals surface area contributed by atoms with Gasteiger partial charge in [-0.3, -0.25) is 19.8 Å². The Balaban J connectivity index is 2.10. The molecule has 0 N–H and O–H groups in total. The highest BCUT2D eigenvalue weighted by atomic mass is 19.4. The lowest BCUT2D eigenvalue weighted by molar-refractivity contribution is -0.384. The first-order valence-electron chi connectivity index (χ1n) is 8.38. The maximum atomic E-state index is 12.9. The number of halogens is 3. The van der Waals surface area contributed by atoms with Gasteiger partial charge in [0.15, 0.2) is 0 Å². The number of nitro groups is 1. The van der Waals surface area contributed by atoms with Crippen LogP contribution in [0.15, 0.2) is 47.1 Å². The number of nitro benzene ring substituents is 1. The van der Waals surface area contributed by atoms with Crippen LogP contribution in [-0.2, 0) is 11.3 Å². The number of benzene rings is 1. The Morgan fingerprint density at radius 3 is 2.57 bits per heavy atom. The molecule has 0 aliphatic heterocycles. The van der Waals surface area contributed by atoms with Crippen molar-refractivity contribution in [2.24, 2.45) is 0 Å². The molecule has 0 saturated heterocycles. The first kappa shape index (κ1) is 21.4. The van der Waals surface area contributed by atoms with Crippen molar-refractivity contribution in [3.63, 3.8) is 0 Å². The monoisotopic (exact) mass is 399 g/mol. The number of carbonyl (C=O) groups is 1. The van der Waals surface area contributed by atoms with Crippen LogP contribution < -0.4 is 0 Å². The van der Waals surface area contributed by atoms with Gasteiger partial charge in [-0.25, -0.2) is 0 Å². The Kier molecular flexibility index (Phi) is 6.79. The van der Waals surface area contributed by atoms with Crippen molar-refractivity contribution in [1.82, 2.24) is 9.80 Å². The maximum absolute atomic E-state index is 12.9. The molecule has 0 bridgehead atoms. The topological polar surface area (TPSA) is 79.8 Å². The highest BCUT2D eigenvalue weighted by Gasteiger charge is 2.34. The average molecular weight is 399 g/mol. The summed E-state index contributed by atoms with van der Waals surface area (Å²) in [4.78, 5) is 25.1. The van der Waals surface area contributed by atoms with Crippen LogP contribution in [0.1, 0.15) is 24.3 Å². The van der Waals surface area contributed by atoms with E-state index in [0.717, 1.165) is 0 Å². The first-order valence-corrected chi connectivity index (χ1v) is 8.38. The van der Waals surface area contributed by atoms with E-state index < -0.39 is 29.6 Å². The van der Waals surface area contributed by atoms with E-state index in [9.17, 15) is 28.1 Å². The van der Waals surface area contributed by atoms with E-state index >= 15 is 0 Å². The molecule has 0 saturated carbocycles. The molecule has 0 fully saturated rings. The predicted octanol–water partition coefficient (Wildman–Crippen LogP) is 3.77. The average Bonchev–Trinajstić information content (AvgIpc) is 3.12. The van der Waals surface area contributed by atoms with Crippen molar-refractivity contribution in [3.05, 3.63) is 64.1 Å². The maximum Gasteiger partial charge on any atom is 0.406 e. The molecule has 1 amide bonds. The van der Waals surface area contributed by atoms with Gasteiger partial charge in [-0.05, 0) is 31.7 Å². The zero-order valence-corrected chi connectivity index (χ0v) is 15.3. The van der Waals surface area contributed by atoms with Crippen LogP contribution >= 0.6 is 0 Å². The van der Waals surface area contributed by atoms with E-state index in [1.165, 1.54) is 41.5 Å². The number of hydrogen-bond donors (Lipinski definition) is 0. The van der Waals surface area contributed by atoms with E-state index in [2.05, 4.69) is 0 Å². The third-order valence-corrected chi connectivity index (χ3v) is 4.26. The molecule has 1 heterocycles. The molecule has 10 heteroatoms. The fourth-order valence-corrected chi connectivity index (χ4v) is 2.64. The molecule has 2 rings (SSSR count). The molecule has 0 aliphatic carbocycles. The number of likely N-dealkylation sites (N-methyl/N-ethyl adjacent to an activating group) is 1. The van der Waals surface area contributed by atoms with Gasteiger partial charge in [0, 0.05) is 18.2 Å². The van der Waals surface area contributed by atoms with Gasteiger partial charge in [0.1, 0.15) is 12.3 Å². The van der Waals surface area contributed by atoms with Crippen molar-refractivity contribution < 1.29 is 27.3 Å². The van der Waals surface area contributed by atoms with Gasteiger partial charge in [0.2, 0.25) is 5.91 Å². The number of non-ortho nitro benzene ring substituents is 1. The van der Waals surface area contributed by atoms with Crippen molar-refractivity contribution in [2.75, 3.05) is 20.1 Å². The zero-order valence-electron chi connectivity index (χ0n) is 15.3. The number of hydrogen-bond acceptors (Lipinski definition) is 5. The molecule has 7 nitrogen and oxygen atoms in total. The van der Waals surface area contributed by atoms with Gasteiger partial charge in [0.25, 0.3) is 5.69 Å². The van der Waals surface area contributed by atoms with Crippen LogP contribution in [0.5, 0.6) is 0 Å². The second kappa shape index (κ2) is 8.87. The zero-order chi connectivity index (χ0) is 20.9. The van der Waals surface area contributed by atoms with Crippen LogP contribution in [-0.4, -0.2) is 46.9 Å². The molecule has 2 aromatic rings. The quantitative estimate of drug-likeness (QED) is 0.499. The molecule has 152 valence electrons. The SMILES string of the molecule is CC(c1cccc([N+](=O)[O-])c1)N(C)CC(=O)N(Cc1ccco1)CC(F)(F)F. The highest BCUT2D eigenvalue weighted by Crippen LogP contribution is 2.24. The fourth-order valence-electron chi connectivity index (χ4n) is 2.64. The fraction of sp³-hybridized carbons (Fsp3) is 0.389. The van der Waals surface area contributed by atoms with Crippen LogP contribution in [0.2, 0.25) is 0 Å². The van der Waals surface area contributed by atoms with E-state index in [-0.39, 0.29) is 24.5 Å². The van der Waals surface area contributed by atoms with Crippen LogP contribution in [0, 0.1) is 10.1 Å². The number of nitrogens with zero attached hydrogens (tertiary/aromatic N) is 3. The summed E-state index contributed by atoms with van der Waals surface area (Å²) in [6.45, 7) is -0.274. The lowest BCUT2D eigenvalue weighted by Gasteiger charge is -2.29. The van der Waals surface area contributed by atoms with E-state index in [1.807, 2.05) is 0 Å². The van der Waals surface area contributed by atoms with Gasteiger partial charge >= 0.3 is 6.18 Å². The first-order chi connectivity index (χ1) is 13.1. The minimum Gasteiger partial charge on any atom is -0.467 e. The van der Waals surface area contributed by atoms with Gasteiger partial charge in [-0.2, -0.15) is 13.2 Å². The van der Waals surface area contributed by atoms with Crippen molar-refractivity contribution in [1.29, 1.82) is 0 Å². The molecular formula is C18H20F3N3O4. The standard InChI is InChI=1S/C18H20F3N3O4/c1-13(14-5-3-6-15(9-14)24(26)27)22(2)11-17(25)23(12-18(19,20)21)10-16-7-4-8-28-16/h3-9,13H,10-12H2,1-2H3. The summed E-state index contributed by atoms with van der Waals surface area (Å²) in [5, 5.41) is 10.9. The molecule has 1 unspecified atom stereocenters. The predicted molar refractivity (Wildman–Crippen MR) is 94.3 cm³/mol. The van der Waals surface area contributed by atoms with E-state index in [0.29, 0.717) is 10.5 Å². The van der Waals surface area contributed by atoms with Gasteiger partial charge in [-0.15, -0.1) is 0 Å². The smallest absolute Gasteiger partial charge is 0.406 e. The summed E-state index contributed by atoms with van der Waals surface area (Å²) in [6, 6.07) is 8.51. The van der Waals surface area contributed by atoms with Gasteiger partial charge < -0.3 is 9.32 Å². The summed E-state index contributed by atoms with van der Waals surface area (Å²) in [7, 11) is 1.57. The van der Waals surface area contributed by atoms with Crippen molar-refractivity contribution >= 4 is 11.6 Å². The Morgan fingerprint density at radius 2 is 2.00 bits per heavy atom. The Bertz CT molecular complexity index is 809. The normalized spacial score (nSPS) is 12.8. The Morgan fingerprint density at radius 1 is 1.29 bits per heavy atom. The molecular weight excluding hydrogens is 379 g/mol. The lowest BCUT2D eigenvalue weighted by atomic mass is 10.1. The number of rotatable bonds is 8. The van der Waals surface area contributed by atoms with Gasteiger partial charge in [-0.1, -0.05) is 12.1 Å². The third-order valence-electron chi connectivity index (χ3n) is 4.26. The summed E-state index contributed by atoms with van der Waals surface area (Å²) >= 11 is 0. The largest absolute Gasteiger partial charge is 0.467 e. The molecule has 1 aromatic heterocycles. The second-order valence-electron chi connectivity index (χ2n) is 6.39. The number of carbonyl (C=O) groups excluding carboxylic acids is 1. The lowest BCUT2D eigenvalue weighted by Crippen LogP contribution is -2.43. The molecule has 28 heavy (non-hydrogen) atoms.